The Morgan fingerprint density at radius 3 is 2.35 bits per heavy atom. The van der Waals surface area contributed by atoms with Crippen LogP contribution in [0.4, 0.5) is 10.1 Å². The molecule has 122 valence electrons. The molecule has 1 atom stereocenters. The highest BCUT2D eigenvalue weighted by Crippen LogP contribution is 2.23. The number of carbonyl (C=O) groups excluding carboxylic acids is 1. The average molecular weight is 314 g/mol. The molecule has 0 saturated heterocycles. The zero-order valence-electron chi connectivity index (χ0n) is 13.8. The molecule has 0 heterocycles. The summed E-state index contributed by atoms with van der Waals surface area (Å²) in [5.41, 5.74) is 2.05. The maximum atomic E-state index is 13.8. The molecule has 0 spiro atoms. The van der Waals surface area contributed by atoms with Crippen molar-refractivity contribution in [3.8, 4) is 0 Å². The third-order valence-electron chi connectivity index (χ3n) is 3.94. The fourth-order valence-electron chi connectivity index (χ4n) is 2.50. The Kier molecular flexibility index (Phi) is 5.74. The Morgan fingerprint density at radius 2 is 1.78 bits per heavy atom. The van der Waals surface area contributed by atoms with Gasteiger partial charge in [0.25, 0.3) is 0 Å². The van der Waals surface area contributed by atoms with Crippen molar-refractivity contribution in [2.75, 3.05) is 18.4 Å². The van der Waals surface area contributed by atoms with Crippen LogP contribution < -0.4 is 5.32 Å². The lowest BCUT2D eigenvalue weighted by molar-refractivity contribution is -0.131. The van der Waals surface area contributed by atoms with Gasteiger partial charge in [0, 0.05) is 18.8 Å². The molecule has 0 aliphatic rings. The van der Waals surface area contributed by atoms with Gasteiger partial charge in [0.05, 0.1) is 0 Å². The first-order valence-corrected chi connectivity index (χ1v) is 7.93. The zero-order chi connectivity index (χ0) is 16.8. The van der Waals surface area contributed by atoms with Gasteiger partial charge in [-0.2, -0.15) is 0 Å². The third-order valence-corrected chi connectivity index (χ3v) is 3.94. The number of anilines is 1. The number of hydrogen-bond donors (Lipinski definition) is 1. The Hall–Kier alpha value is -2.36. The predicted molar refractivity (Wildman–Crippen MR) is 91.9 cm³/mol. The van der Waals surface area contributed by atoms with Crippen LogP contribution in [0.3, 0.4) is 0 Å². The average Bonchev–Trinajstić information content (AvgIpc) is 2.57. The van der Waals surface area contributed by atoms with Crippen molar-refractivity contribution in [1.82, 2.24) is 4.90 Å². The van der Waals surface area contributed by atoms with Crippen molar-refractivity contribution >= 4 is 11.6 Å². The van der Waals surface area contributed by atoms with Crippen molar-refractivity contribution in [2.45, 2.75) is 26.8 Å². The number of halogens is 1. The smallest absolute Gasteiger partial charge is 0.249 e. The molecular weight excluding hydrogens is 291 g/mol. The van der Waals surface area contributed by atoms with E-state index >= 15 is 0 Å². The van der Waals surface area contributed by atoms with Gasteiger partial charge in [-0.3, -0.25) is 4.79 Å². The number of aryl methyl sites for hydroxylation is 1. The molecule has 0 aromatic heterocycles. The van der Waals surface area contributed by atoms with Gasteiger partial charge in [0.1, 0.15) is 11.9 Å². The molecule has 0 radical (unpaired) electrons. The van der Waals surface area contributed by atoms with Gasteiger partial charge in [-0.15, -0.1) is 0 Å². The van der Waals surface area contributed by atoms with Crippen LogP contribution in [-0.2, 0) is 4.79 Å². The summed E-state index contributed by atoms with van der Waals surface area (Å²) < 4.78 is 13.8. The first-order chi connectivity index (χ1) is 11.1. The van der Waals surface area contributed by atoms with Crippen LogP contribution in [0, 0.1) is 12.7 Å². The summed E-state index contributed by atoms with van der Waals surface area (Å²) in [6, 6.07) is 13.9. The molecule has 2 aromatic rings. The summed E-state index contributed by atoms with van der Waals surface area (Å²) in [5.74, 6) is -0.292. The lowest BCUT2D eigenvalue weighted by atomic mass is 10.0. The van der Waals surface area contributed by atoms with E-state index in [1.165, 1.54) is 6.07 Å². The van der Waals surface area contributed by atoms with E-state index in [-0.39, 0.29) is 11.7 Å². The lowest BCUT2D eigenvalue weighted by Gasteiger charge is -2.27. The van der Waals surface area contributed by atoms with E-state index in [0.717, 1.165) is 5.56 Å². The Bertz CT molecular complexity index is 654. The highest BCUT2D eigenvalue weighted by molar-refractivity contribution is 5.86. The second-order valence-corrected chi connectivity index (χ2v) is 5.46. The fraction of sp³-hybridized carbons (Fsp3) is 0.316. The second-order valence-electron chi connectivity index (χ2n) is 5.46. The van der Waals surface area contributed by atoms with Crippen molar-refractivity contribution in [1.29, 1.82) is 0 Å². The van der Waals surface area contributed by atoms with Gasteiger partial charge in [0.2, 0.25) is 5.91 Å². The SMILES string of the molecule is CCN(CC)C(=O)[C@@H](Nc1ccc(C)c(F)c1)c1ccccc1. The van der Waals surface area contributed by atoms with Crippen LogP contribution in [0.1, 0.15) is 31.0 Å². The minimum Gasteiger partial charge on any atom is -0.370 e. The number of benzene rings is 2. The molecule has 2 rings (SSSR count). The van der Waals surface area contributed by atoms with E-state index in [9.17, 15) is 9.18 Å². The van der Waals surface area contributed by atoms with Gasteiger partial charge < -0.3 is 10.2 Å². The maximum Gasteiger partial charge on any atom is 0.249 e. The minimum absolute atomic E-state index is 0.0119. The van der Waals surface area contributed by atoms with Crippen molar-refractivity contribution in [3.05, 3.63) is 65.5 Å². The number of amides is 1. The lowest BCUT2D eigenvalue weighted by Crippen LogP contribution is -2.37. The Balaban J connectivity index is 2.33. The molecule has 0 unspecified atom stereocenters. The van der Waals surface area contributed by atoms with Crippen molar-refractivity contribution in [2.24, 2.45) is 0 Å². The van der Waals surface area contributed by atoms with Crippen LogP contribution in [0.2, 0.25) is 0 Å². The topological polar surface area (TPSA) is 32.3 Å². The van der Waals surface area contributed by atoms with E-state index < -0.39 is 6.04 Å². The predicted octanol–water partition coefficient (Wildman–Crippen LogP) is 4.16. The van der Waals surface area contributed by atoms with Gasteiger partial charge in [-0.1, -0.05) is 36.4 Å². The molecular formula is C19H23FN2O. The van der Waals surface area contributed by atoms with Crippen LogP contribution in [-0.4, -0.2) is 23.9 Å². The van der Waals surface area contributed by atoms with Crippen LogP contribution >= 0.6 is 0 Å². The van der Waals surface area contributed by atoms with Crippen LogP contribution in [0.15, 0.2) is 48.5 Å². The summed E-state index contributed by atoms with van der Waals surface area (Å²) in [5, 5.41) is 3.18. The Morgan fingerprint density at radius 1 is 1.13 bits per heavy atom. The number of hydrogen-bond acceptors (Lipinski definition) is 2. The third kappa shape index (κ3) is 4.09. The summed E-state index contributed by atoms with van der Waals surface area (Å²) in [7, 11) is 0. The highest BCUT2D eigenvalue weighted by atomic mass is 19.1. The number of nitrogens with zero attached hydrogens (tertiary/aromatic N) is 1. The molecule has 0 fully saturated rings. The van der Waals surface area contributed by atoms with Gasteiger partial charge in [0.15, 0.2) is 0 Å². The monoisotopic (exact) mass is 314 g/mol. The molecule has 1 amide bonds. The first kappa shape index (κ1) is 17.0. The largest absolute Gasteiger partial charge is 0.370 e. The molecule has 0 aliphatic carbocycles. The van der Waals surface area contributed by atoms with E-state index in [0.29, 0.717) is 24.3 Å². The number of nitrogens with one attached hydrogen (secondary N) is 1. The summed E-state index contributed by atoms with van der Waals surface area (Å²) in [4.78, 5) is 14.6. The second kappa shape index (κ2) is 7.77. The van der Waals surface area contributed by atoms with E-state index in [1.54, 1.807) is 24.0 Å². The number of carbonyl (C=O) groups is 1. The Labute approximate surface area is 137 Å². The highest BCUT2D eigenvalue weighted by Gasteiger charge is 2.24. The van der Waals surface area contributed by atoms with Crippen LogP contribution in [0.25, 0.3) is 0 Å². The summed E-state index contributed by atoms with van der Waals surface area (Å²) >= 11 is 0. The van der Waals surface area contributed by atoms with E-state index in [4.69, 9.17) is 0 Å². The van der Waals surface area contributed by atoms with Crippen LogP contribution in [0.5, 0.6) is 0 Å². The molecule has 1 N–H and O–H groups in total. The van der Waals surface area contributed by atoms with E-state index in [1.807, 2.05) is 44.2 Å². The molecule has 4 heteroatoms. The van der Waals surface area contributed by atoms with Crippen molar-refractivity contribution < 1.29 is 9.18 Å². The number of rotatable bonds is 6. The molecule has 0 aliphatic heterocycles. The quantitative estimate of drug-likeness (QED) is 0.868. The minimum atomic E-state index is -0.529. The summed E-state index contributed by atoms with van der Waals surface area (Å²) in [6.07, 6.45) is 0. The summed E-state index contributed by atoms with van der Waals surface area (Å²) in [6.45, 7) is 6.91. The fourth-order valence-corrected chi connectivity index (χ4v) is 2.50. The first-order valence-electron chi connectivity index (χ1n) is 7.93. The number of likely N-dealkylation sites (N-methyl/N-ethyl adjacent to an activating group) is 1. The molecule has 0 saturated carbocycles. The molecule has 23 heavy (non-hydrogen) atoms. The molecule has 0 bridgehead atoms. The van der Waals surface area contributed by atoms with Gasteiger partial charge in [-0.05, 0) is 44.0 Å². The standard InChI is InChI=1S/C19H23FN2O/c1-4-22(5-2)19(23)18(15-9-7-6-8-10-15)21-16-12-11-14(3)17(20)13-16/h6-13,18,21H,4-5H2,1-3H3/t18-/m0/s1. The molecule has 2 aromatic carbocycles. The molecule has 3 nitrogen and oxygen atoms in total. The maximum absolute atomic E-state index is 13.8. The van der Waals surface area contributed by atoms with Gasteiger partial charge in [-0.25, -0.2) is 4.39 Å². The van der Waals surface area contributed by atoms with Gasteiger partial charge >= 0.3 is 0 Å². The normalized spacial score (nSPS) is 11.8. The zero-order valence-corrected chi connectivity index (χ0v) is 13.8. The van der Waals surface area contributed by atoms with Crippen molar-refractivity contribution in [3.63, 3.8) is 0 Å². The van der Waals surface area contributed by atoms with E-state index in [2.05, 4.69) is 5.32 Å².